The first-order valence-corrected chi connectivity index (χ1v) is 9.88. The van der Waals surface area contributed by atoms with Gasteiger partial charge in [0.25, 0.3) is 5.56 Å². The van der Waals surface area contributed by atoms with Crippen LogP contribution in [-0.2, 0) is 11.3 Å². The number of aromatic nitrogens is 3. The molecule has 4 aromatic rings. The number of nitrogens with zero attached hydrogens (tertiary/aromatic N) is 3. The number of hydrogen-bond donors (Lipinski definition) is 0. The van der Waals surface area contributed by atoms with Gasteiger partial charge in [-0.3, -0.25) is 9.36 Å². The van der Waals surface area contributed by atoms with Gasteiger partial charge in [-0.1, -0.05) is 30.3 Å². The maximum absolute atomic E-state index is 13.6. The third kappa shape index (κ3) is 3.66. The van der Waals surface area contributed by atoms with E-state index in [-0.39, 0.29) is 23.1 Å². The van der Waals surface area contributed by atoms with Crippen LogP contribution in [-0.4, -0.2) is 34.3 Å². The number of methoxy groups -OCH3 is 2. The van der Waals surface area contributed by atoms with E-state index >= 15 is 0 Å². The number of fused-ring (bicyclic) bond motifs is 1. The zero-order valence-electron chi connectivity index (χ0n) is 17.9. The summed E-state index contributed by atoms with van der Waals surface area (Å²) in [6.45, 7) is 1.68. The molecule has 0 radical (unpaired) electrons. The van der Waals surface area contributed by atoms with Gasteiger partial charge in [-0.25, -0.2) is 19.1 Å². The quantitative estimate of drug-likeness (QED) is 0.451. The van der Waals surface area contributed by atoms with Crippen LogP contribution in [0, 0.1) is 6.92 Å². The van der Waals surface area contributed by atoms with Crippen molar-refractivity contribution in [2.45, 2.75) is 13.5 Å². The van der Waals surface area contributed by atoms with E-state index in [0.29, 0.717) is 22.7 Å². The summed E-state index contributed by atoms with van der Waals surface area (Å²) < 4.78 is 12.6. The van der Waals surface area contributed by atoms with Crippen molar-refractivity contribution in [3.8, 4) is 11.4 Å². The normalized spacial score (nSPS) is 10.8. The topological polar surface area (TPSA) is 92.4 Å². The molecule has 0 unspecified atom stereocenters. The van der Waals surface area contributed by atoms with Crippen molar-refractivity contribution in [1.29, 1.82) is 0 Å². The maximum Gasteiger partial charge on any atom is 0.338 e. The van der Waals surface area contributed by atoms with Gasteiger partial charge < -0.3 is 9.47 Å². The molecule has 0 N–H and O–H groups in total. The Labute approximate surface area is 183 Å². The van der Waals surface area contributed by atoms with Crippen molar-refractivity contribution >= 4 is 17.0 Å². The van der Waals surface area contributed by atoms with Crippen LogP contribution in [0.3, 0.4) is 0 Å². The molecule has 0 saturated heterocycles. The smallest absolute Gasteiger partial charge is 0.338 e. The number of benzene rings is 2. The average molecular weight is 431 g/mol. The van der Waals surface area contributed by atoms with E-state index in [2.05, 4.69) is 4.98 Å². The van der Waals surface area contributed by atoms with E-state index in [0.717, 1.165) is 4.57 Å². The SMILES string of the molecule is COC(=O)c1cc(C)nc2c1c(=O)n(Cc1cccc(OC)c1)c(=O)n2-c1ccccc1. The standard InChI is InChI=1S/C24H21N3O5/c1-15-12-19(23(29)32-3)20-21(25-15)27(17-9-5-4-6-10-17)24(30)26(22(20)28)14-16-8-7-11-18(13-16)31-2/h4-13H,14H2,1-3H3. The molecule has 0 saturated carbocycles. The van der Waals surface area contributed by atoms with E-state index < -0.39 is 17.2 Å². The Hall–Kier alpha value is -4.20. The summed E-state index contributed by atoms with van der Waals surface area (Å²) in [5, 5.41) is 0.0220. The molecular formula is C24H21N3O5. The van der Waals surface area contributed by atoms with E-state index in [4.69, 9.17) is 9.47 Å². The predicted molar refractivity (Wildman–Crippen MR) is 120 cm³/mol. The summed E-state index contributed by atoms with van der Waals surface area (Å²) in [5.41, 5.74) is 0.681. The number of para-hydroxylation sites is 1. The second-order valence-corrected chi connectivity index (χ2v) is 7.20. The van der Waals surface area contributed by atoms with E-state index in [1.165, 1.54) is 17.7 Å². The van der Waals surface area contributed by atoms with Crippen molar-refractivity contribution < 1.29 is 14.3 Å². The van der Waals surface area contributed by atoms with Crippen LogP contribution in [0.25, 0.3) is 16.7 Å². The molecule has 2 aromatic heterocycles. The second-order valence-electron chi connectivity index (χ2n) is 7.20. The van der Waals surface area contributed by atoms with Crippen LogP contribution >= 0.6 is 0 Å². The first-order chi connectivity index (χ1) is 15.4. The monoisotopic (exact) mass is 431 g/mol. The van der Waals surface area contributed by atoms with Gasteiger partial charge in [0.2, 0.25) is 0 Å². The number of esters is 1. The molecule has 0 amide bonds. The van der Waals surface area contributed by atoms with Crippen LogP contribution in [0.1, 0.15) is 21.6 Å². The number of carbonyl (C=O) groups is 1. The number of rotatable bonds is 5. The molecule has 2 heterocycles. The largest absolute Gasteiger partial charge is 0.497 e. The van der Waals surface area contributed by atoms with Crippen LogP contribution in [0.5, 0.6) is 5.75 Å². The first kappa shape index (κ1) is 21.0. The maximum atomic E-state index is 13.6. The molecule has 8 heteroatoms. The molecular weight excluding hydrogens is 410 g/mol. The van der Waals surface area contributed by atoms with Crippen LogP contribution in [0.2, 0.25) is 0 Å². The highest BCUT2D eigenvalue weighted by molar-refractivity contribution is 6.02. The number of carbonyl (C=O) groups excluding carboxylic acids is 1. The highest BCUT2D eigenvalue weighted by Gasteiger charge is 2.22. The molecule has 0 fully saturated rings. The van der Waals surface area contributed by atoms with Crippen molar-refractivity contribution in [1.82, 2.24) is 14.1 Å². The Bertz CT molecular complexity index is 1440. The molecule has 32 heavy (non-hydrogen) atoms. The minimum Gasteiger partial charge on any atom is -0.497 e. The minimum atomic E-state index is -0.677. The molecule has 0 atom stereocenters. The van der Waals surface area contributed by atoms with Crippen LogP contribution in [0.4, 0.5) is 0 Å². The average Bonchev–Trinajstić information content (AvgIpc) is 2.81. The molecule has 0 aliphatic rings. The zero-order chi connectivity index (χ0) is 22.8. The first-order valence-electron chi connectivity index (χ1n) is 9.88. The van der Waals surface area contributed by atoms with Gasteiger partial charge in [0.05, 0.1) is 37.4 Å². The molecule has 0 aliphatic carbocycles. The Balaban J connectivity index is 2.11. The third-order valence-electron chi connectivity index (χ3n) is 5.12. The van der Waals surface area contributed by atoms with Crippen molar-refractivity contribution in [2.75, 3.05) is 14.2 Å². The fraction of sp³-hybridized carbons (Fsp3) is 0.167. The lowest BCUT2D eigenvalue weighted by atomic mass is 10.1. The van der Waals surface area contributed by atoms with Gasteiger partial charge in [-0.05, 0) is 42.8 Å². The Morgan fingerprint density at radius 1 is 1.00 bits per heavy atom. The fourth-order valence-corrected chi connectivity index (χ4v) is 3.64. The summed E-state index contributed by atoms with van der Waals surface area (Å²) in [6.07, 6.45) is 0. The van der Waals surface area contributed by atoms with Crippen molar-refractivity contribution in [3.63, 3.8) is 0 Å². The summed E-state index contributed by atoms with van der Waals surface area (Å²) in [6, 6.07) is 17.4. The van der Waals surface area contributed by atoms with Crippen LogP contribution in [0.15, 0.2) is 70.3 Å². The summed E-state index contributed by atoms with van der Waals surface area (Å²) in [5.74, 6) is -0.0731. The molecule has 0 spiro atoms. The van der Waals surface area contributed by atoms with Gasteiger partial charge in [0.15, 0.2) is 5.65 Å². The minimum absolute atomic E-state index is 0.00781. The van der Waals surface area contributed by atoms with Crippen LogP contribution < -0.4 is 16.0 Å². The van der Waals surface area contributed by atoms with E-state index in [9.17, 15) is 14.4 Å². The number of ether oxygens (including phenoxy) is 2. The Kier molecular flexibility index (Phi) is 5.59. The second kappa shape index (κ2) is 8.50. The zero-order valence-corrected chi connectivity index (χ0v) is 17.9. The lowest BCUT2D eigenvalue weighted by molar-refractivity contribution is 0.0602. The summed E-state index contributed by atoms with van der Waals surface area (Å²) in [7, 11) is 2.78. The highest BCUT2D eigenvalue weighted by atomic mass is 16.5. The summed E-state index contributed by atoms with van der Waals surface area (Å²) >= 11 is 0. The van der Waals surface area contributed by atoms with Crippen molar-refractivity contribution in [3.05, 3.63) is 98.3 Å². The molecule has 162 valence electrons. The van der Waals surface area contributed by atoms with E-state index in [1.807, 2.05) is 6.07 Å². The highest BCUT2D eigenvalue weighted by Crippen LogP contribution is 2.19. The fourth-order valence-electron chi connectivity index (χ4n) is 3.64. The number of hydrogen-bond acceptors (Lipinski definition) is 6. The Morgan fingerprint density at radius 3 is 2.44 bits per heavy atom. The molecule has 2 aromatic carbocycles. The predicted octanol–water partition coefficient (Wildman–Crippen LogP) is 2.70. The molecule has 0 bridgehead atoms. The number of pyridine rings is 1. The Morgan fingerprint density at radius 2 is 1.75 bits per heavy atom. The molecule has 8 nitrogen and oxygen atoms in total. The van der Waals surface area contributed by atoms with Gasteiger partial charge >= 0.3 is 11.7 Å². The lowest BCUT2D eigenvalue weighted by Gasteiger charge is -2.16. The van der Waals surface area contributed by atoms with E-state index in [1.54, 1.807) is 62.6 Å². The summed E-state index contributed by atoms with van der Waals surface area (Å²) in [4.78, 5) is 44.0. The lowest BCUT2D eigenvalue weighted by Crippen LogP contribution is -2.40. The van der Waals surface area contributed by atoms with Crippen molar-refractivity contribution in [2.24, 2.45) is 0 Å². The number of aryl methyl sites for hydroxylation is 1. The van der Waals surface area contributed by atoms with Gasteiger partial charge in [0.1, 0.15) is 5.75 Å². The molecule has 0 aliphatic heterocycles. The van der Waals surface area contributed by atoms with Gasteiger partial charge in [-0.2, -0.15) is 0 Å². The van der Waals surface area contributed by atoms with Gasteiger partial charge in [-0.15, -0.1) is 0 Å². The molecule has 4 rings (SSSR count). The third-order valence-corrected chi connectivity index (χ3v) is 5.12. The van der Waals surface area contributed by atoms with Gasteiger partial charge in [0, 0.05) is 5.69 Å².